The first-order valence-corrected chi connectivity index (χ1v) is 5.13. The topological polar surface area (TPSA) is 58.6 Å². The lowest BCUT2D eigenvalue weighted by molar-refractivity contribution is -0.139. The van der Waals surface area contributed by atoms with Crippen molar-refractivity contribution in [3.05, 3.63) is 28.3 Å². The highest BCUT2D eigenvalue weighted by Gasteiger charge is 2.22. The fourth-order valence-electron chi connectivity index (χ4n) is 1.48. The van der Waals surface area contributed by atoms with Gasteiger partial charge in [-0.25, -0.2) is 0 Å². The van der Waals surface area contributed by atoms with Gasteiger partial charge in [-0.3, -0.25) is 4.79 Å². The summed E-state index contributed by atoms with van der Waals surface area (Å²) in [5.41, 5.74) is 1.37. The summed E-state index contributed by atoms with van der Waals surface area (Å²) < 4.78 is 5.15. The first-order chi connectivity index (χ1) is 7.51. The smallest absolute Gasteiger partial charge is 0.325 e. The van der Waals surface area contributed by atoms with Crippen LogP contribution >= 0.6 is 11.6 Å². The number of hydrogen-bond donors (Lipinski definition) is 2. The van der Waals surface area contributed by atoms with Gasteiger partial charge in [-0.1, -0.05) is 11.6 Å². The first kappa shape index (κ1) is 12.8. The van der Waals surface area contributed by atoms with Crippen molar-refractivity contribution in [1.82, 2.24) is 5.32 Å². The Morgan fingerprint density at radius 3 is 2.62 bits per heavy atom. The van der Waals surface area contributed by atoms with Gasteiger partial charge in [0.15, 0.2) is 0 Å². The summed E-state index contributed by atoms with van der Waals surface area (Å²) in [5, 5.41) is 12.3. The molecule has 1 aromatic rings. The van der Waals surface area contributed by atoms with Crippen molar-refractivity contribution in [1.29, 1.82) is 0 Å². The van der Waals surface area contributed by atoms with E-state index in [9.17, 15) is 4.79 Å². The summed E-state index contributed by atoms with van der Waals surface area (Å²) in [6.45, 7) is 1.84. The lowest BCUT2D eigenvalue weighted by atomic mass is 10.0. The Labute approximate surface area is 99.2 Å². The maximum atomic E-state index is 11.0. The lowest BCUT2D eigenvalue weighted by Gasteiger charge is -2.16. The molecule has 0 bridgehead atoms. The zero-order valence-electron chi connectivity index (χ0n) is 9.37. The molecule has 0 spiro atoms. The van der Waals surface area contributed by atoms with E-state index in [1.165, 1.54) is 7.11 Å². The van der Waals surface area contributed by atoms with E-state index in [0.29, 0.717) is 16.3 Å². The SMILES string of the molecule is CNC(C(=O)O)c1cc(Cl)c(C)cc1OC. The molecule has 0 aliphatic rings. The van der Waals surface area contributed by atoms with Crippen LogP contribution in [0.2, 0.25) is 5.02 Å². The Morgan fingerprint density at radius 2 is 2.19 bits per heavy atom. The molecule has 0 saturated carbocycles. The molecular formula is C11H14ClNO3. The average molecular weight is 244 g/mol. The number of nitrogens with one attached hydrogen (secondary N) is 1. The number of methoxy groups -OCH3 is 1. The first-order valence-electron chi connectivity index (χ1n) is 4.75. The Kier molecular flexibility index (Phi) is 4.15. The largest absolute Gasteiger partial charge is 0.496 e. The Bertz CT molecular complexity index is 406. The van der Waals surface area contributed by atoms with Gasteiger partial charge in [0, 0.05) is 10.6 Å². The average Bonchev–Trinajstić information content (AvgIpc) is 2.23. The number of carboxylic acid groups (broad SMARTS) is 1. The van der Waals surface area contributed by atoms with Gasteiger partial charge in [0.2, 0.25) is 0 Å². The fourth-order valence-corrected chi connectivity index (χ4v) is 1.66. The molecule has 1 atom stereocenters. The van der Waals surface area contributed by atoms with Crippen LogP contribution in [-0.2, 0) is 4.79 Å². The highest BCUT2D eigenvalue weighted by Crippen LogP contribution is 2.31. The van der Waals surface area contributed by atoms with Crippen LogP contribution in [0.5, 0.6) is 5.75 Å². The predicted octanol–water partition coefficient (Wildman–Crippen LogP) is 2.00. The summed E-state index contributed by atoms with van der Waals surface area (Å²) in [6, 6.07) is 2.52. The molecular weight excluding hydrogens is 230 g/mol. The van der Waals surface area contributed by atoms with E-state index in [0.717, 1.165) is 5.56 Å². The quantitative estimate of drug-likeness (QED) is 0.849. The minimum absolute atomic E-state index is 0.517. The van der Waals surface area contributed by atoms with Crippen LogP contribution in [0, 0.1) is 6.92 Å². The second-order valence-corrected chi connectivity index (χ2v) is 3.81. The normalized spacial score (nSPS) is 12.2. The highest BCUT2D eigenvalue weighted by atomic mass is 35.5. The Morgan fingerprint density at radius 1 is 1.56 bits per heavy atom. The van der Waals surface area contributed by atoms with E-state index in [1.54, 1.807) is 19.2 Å². The minimum atomic E-state index is -0.972. The molecule has 1 rings (SSSR count). The highest BCUT2D eigenvalue weighted by molar-refractivity contribution is 6.31. The molecule has 5 heteroatoms. The van der Waals surface area contributed by atoms with Gasteiger partial charge in [-0.2, -0.15) is 0 Å². The number of carbonyl (C=O) groups is 1. The number of halogens is 1. The second-order valence-electron chi connectivity index (χ2n) is 3.40. The van der Waals surface area contributed by atoms with E-state index in [-0.39, 0.29) is 0 Å². The van der Waals surface area contributed by atoms with Gasteiger partial charge in [0.05, 0.1) is 7.11 Å². The molecule has 16 heavy (non-hydrogen) atoms. The molecule has 0 aliphatic carbocycles. The number of carboxylic acids is 1. The van der Waals surface area contributed by atoms with Crippen molar-refractivity contribution < 1.29 is 14.6 Å². The third-order valence-electron chi connectivity index (χ3n) is 2.36. The van der Waals surface area contributed by atoms with E-state index in [1.807, 2.05) is 6.92 Å². The number of rotatable bonds is 4. The standard InChI is InChI=1S/C11H14ClNO3/c1-6-4-9(16-3)7(5-8(6)12)10(13-2)11(14)15/h4-5,10,13H,1-3H3,(H,14,15). The molecule has 0 aromatic heterocycles. The molecule has 0 fully saturated rings. The summed E-state index contributed by atoms with van der Waals surface area (Å²) in [7, 11) is 3.08. The maximum absolute atomic E-state index is 11.0. The zero-order chi connectivity index (χ0) is 12.3. The summed E-state index contributed by atoms with van der Waals surface area (Å²) >= 11 is 5.97. The molecule has 0 aliphatic heterocycles. The number of aliphatic carboxylic acids is 1. The van der Waals surface area contributed by atoms with Crippen molar-refractivity contribution in [3.63, 3.8) is 0 Å². The number of aryl methyl sites for hydroxylation is 1. The second kappa shape index (κ2) is 5.18. The third kappa shape index (κ3) is 2.46. The molecule has 0 radical (unpaired) electrons. The van der Waals surface area contributed by atoms with Crippen LogP contribution < -0.4 is 10.1 Å². The van der Waals surface area contributed by atoms with Crippen LogP contribution in [0.25, 0.3) is 0 Å². The van der Waals surface area contributed by atoms with Gasteiger partial charge >= 0.3 is 5.97 Å². The van der Waals surface area contributed by atoms with Gasteiger partial charge < -0.3 is 15.2 Å². The van der Waals surface area contributed by atoms with Crippen LogP contribution in [0.1, 0.15) is 17.2 Å². The molecule has 88 valence electrons. The molecule has 0 saturated heterocycles. The van der Waals surface area contributed by atoms with Crippen molar-refractivity contribution >= 4 is 17.6 Å². The summed E-state index contributed by atoms with van der Waals surface area (Å²) in [5.74, 6) is -0.454. The molecule has 0 amide bonds. The van der Waals surface area contributed by atoms with Crippen LogP contribution in [0.4, 0.5) is 0 Å². The Balaban J connectivity index is 3.30. The van der Waals surface area contributed by atoms with Crippen LogP contribution in [0.3, 0.4) is 0 Å². The number of likely N-dealkylation sites (N-methyl/N-ethyl adjacent to an activating group) is 1. The molecule has 4 nitrogen and oxygen atoms in total. The van der Waals surface area contributed by atoms with Gasteiger partial charge in [0.25, 0.3) is 0 Å². The van der Waals surface area contributed by atoms with E-state index < -0.39 is 12.0 Å². The van der Waals surface area contributed by atoms with Crippen molar-refractivity contribution in [3.8, 4) is 5.75 Å². The molecule has 0 heterocycles. The molecule has 2 N–H and O–H groups in total. The van der Waals surface area contributed by atoms with Crippen molar-refractivity contribution in [2.75, 3.05) is 14.2 Å². The van der Waals surface area contributed by atoms with Crippen molar-refractivity contribution in [2.24, 2.45) is 0 Å². The zero-order valence-corrected chi connectivity index (χ0v) is 10.1. The predicted molar refractivity (Wildman–Crippen MR) is 62.2 cm³/mol. The van der Waals surface area contributed by atoms with Gasteiger partial charge in [-0.15, -0.1) is 0 Å². The molecule has 1 unspecified atom stereocenters. The van der Waals surface area contributed by atoms with E-state index in [2.05, 4.69) is 5.32 Å². The number of benzene rings is 1. The van der Waals surface area contributed by atoms with Crippen LogP contribution in [-0.4, -0.2) is 25.2 Å². The Hall–Kier alpha value is -1.26. The number of hydrogen-bond acceptors (Lipinski definition) is 3. The summed E-state index contributed by atoms with van der Waals surface area (Å²) in [6.07, 6.45) is 0. The van der Waals surface area contributed by atoms with E-state index in [4.69, 9.17) is 21.4 Å². The van der Waals surface area contributed by atoms with Gasteiger partial charge in [0.1, 0.15) is 11.8 Å². The lowest BCUT2D eigenvalue weighted by Crippen LogP contribution is -2.25. The minimum Gasteiger partial charge on any atom is -0.496 e. The van der Waals surface area contributed by atoms with Crippen molar-refractivity contribution in [2.45, 2.75) is 13.0 Å². The number of ether oxygens (including phenoxy) is 1. The van der Waals surface area contributed by atoms with Crippen LogP contribution in [0.15, 0.2) is 12.1 Å². The summed E-state index contributed by atoms with van der Waals surface area (Å²) in [4.78, 5) is 11.0. The fraction of sp³-hybridized carbons (Fsp3) is 0.364. The monoisotopic (exact) mass is 243 g/mol. The van der Waals surface area contributed by atoms with Gasteiger partial charge in [-0.05, 0) is 31.7 Å². The van der Waals surface area contributed by atoms with E-state index >= 15 is 0 Å². The molecule has 1 aromatic carbocycles. The third-order valence-corrected chi connectivity index (χ3v) is 2.76. The maximum Gasteiger partial charge on any atom is 0.325 e.